The summed E-state index contributed by atoms with van der Waals surface area (Å²) in [5, 5.41) is 0. The fourth-order valence-electron chi connectivity index (χ4n) is 6.37. The van der Waals surface area contributed by atoms with Crippen molar-refractivity contribution in [3.8, 4) is 0 Å². The van der Waals surface area contributed by atoms with Gasteiger partial charge >= 0.3 is 11.9 Å². The topological polar surface area (TPSA) is 71.1 Å². The van der Waals surface area contributed by atoms with E-state index in [1.165, 1.54) is 0 Å². The first-order valence-electron chi connectivity index (χ1n) is 14.8. The molecule has 0 spiro atoms. The lowest BCUT2D eigenvalue weighted by atomic mass is 9.83. The molecular formula is C30H52O6. The monoisotopic (exact) mass is 508 g/mol. The first-order valence-corrected chi connectivity index (χ1v) is 14.8. The van der Waals surface area contributed by atoms with Crippen molar-refractivity contribution in [2.24, 2.45) is 47.3 Å². The van der Waals surface area contributed by atoms with E-state index < -0.39 is 12.6 Å². The van der Waals surface area contributed by atoms with Crippen LogP contribution in [0.1, 0.15) is 106 Å². The summed E-state index contributed by atoms with van der Waals surface area (Å²) in [6.45, 7) is 13.9. The maximum atomic E-state index is 12.5. The van der Waals surface area contributed by atoms with Gasteiger partial charge in [0, 0.05) is 0 Å². The lowest BCUT2D eigenvalue weighted by Crippen LogP contribution is -2.28. The van der Waals surface area contributed by atoms with Crippen LogP contribution in [0.25, 0.3) is 0 Å². The molecule has 3 aliphatic rings. The number of carbonyl (C=O) groups is 2. The van der Waals surface area contributed by atoms with E-state index in [9.17, 15) is 9.59 Å². The number of rotatable bonds is 12. The number of carbonyl (C=O) groups excluding carboxylic acids is 2. The lowest BCUT2D eigenvalue weighted by molar-refractivity contribution is -0.185. The van der Waals surface area contributed by atoms with Crippen LogP contribution < -0.4 is 0 Å². The standard InChI is InChI=1S/C30H52O6/c1-19(2)25-11-13-27(15-25)29(31)35-21(5)33-17-23-7-9-24(10-8-23)18-34-22(6)36-30(32)28-14-12-26(16-28)20(3)4/h19-28H,7-18H2,1-6H3. The van der Waals surface area contributed by atoms with Crippen LogP contribution in [0.5, 0.6) is 0 Å². The van der Waals surface area contributed by atoms with Crippen LogP contribution in [-0.2, 0) is 28.5 Å². The third kappa shape index (κ3) is 9.01. The average Bonchev–Trinajstić information content (AvgIpc) is 3.53. The Balaban J connectivity index is 1.24. The van der Waals surface area contributed by atoms with E-state index in [1.807, 2.05) is 13.8 Å². The van der Waals surface area contributed by atoms with Crippen molar-refractivity contribution in [1.29, 1.82) is 0 Å². The van der Waals surface area contributed by atoms with E-state index in [-0.39, 0.29) is 23.8 Å². The zero-order valence-corrected chi connectivity index (χ0v) is 23.7. The quantitative estimate of drug-likeness (QED) is 0.214. The minimum absolute atomic E-state index is 0.0377. The van der Waals surface area contributed by atoms with Gasteiger partial charge in [-0.25, -0.2) is 0 Å². The predicted octanol–water partition coefficient (Wildman–Crippen LogP) is 6.75. The van der Waals surface area contributed by atoms with Crippen molar-refractivity contribution < 1.29 is 28.5 Å². The summed E-state index contributed by atoms with van der Waals surface area (Å²) in [7, 11) is 0. The Bertz CT molecular complexity index is 625. The summed E-state index contributed by atoms with van der Waals surface area (Å²) in [5.41, 5.74) is 0. The second-order valence-electron chi connectivity index (χ2n) is 12.6. The van der Waals surface area contributed by atoms with Crippen LogP contribution in [0.3, 0.4) is 0 Å². The van der Waals surface area contributed by atoms with Gasteiger partial charge in [-0.1, -0.05) is 27.7 Å². The molecule has 0 bridgehead atoms. The molecule has 6 heteroatoms. The summed E-state index contributed by atoms with van der Waals surface area (Å²) in [4.78, 5) is 25.0. The number of ether oxygens (including phenoxy) is 4. The fourth-order valence-corrected chi connectivity index (χ4v) is 6.37. The van der Waals surface area contributed by atoms with Crippen LogP contribution >= 0.6 is 0 Å². The summed E-state index contributed by atoms with van der Waals surface area (Å²) in [6, 6.07) is 0. The molecule has 0 amide bonds. The van der Waals surface area contributed by atoms with Gasteiger partial charge in [0.1, 0.15) is 0 Å². The Kier molecular flexibility index (Phi) is 11.5. The van der Waals surface area contributed by atoms with Gasteiger partial charge in [0.25, 0.3) is 0 Å². The molecule has 3 fully saturated rings. The third-order valence-corrected chi connectivity index (χ3v) is 9.16. The lowest BCUT2D eigenvalue weighted by Gasteiger charge is -2.29. The maximum Gasteiger partial charge on any atom is 0.311 e. The van der Waals surface area contributed by atoms with Gasteiger partial charge in [-0.2, -0.15) is 0 Å². The van der Waals surface area contributed by atoms with Crippen LogP contribution in [0.15, 0.2) is 0 Å². The molecule has 208 valence electrons. The van der Waals surface area contributed by atoms with Gasteiger partial charge in [0.05, 0.1) is 25.0 Å². The number of hydrogen-bond acceptors (Lipinski definition) is 6. The Labute approximate surface area is 219 Å². The van der Waals surface area contributed by atoms with Crippen LogP contribution in [0.4, 0.5) is 0 Å². The van der Waals surface area contributed by atoms with Gasteiger partial charge in [-0.05, 0) is 114 Å². The van der Waals surface area contributed by atoms with Crippen molar-refractivity contribution >= 4 is 11.9 Å². The van der Waals surface area contributed by atoms with Crippen LogP contribution in [-0.4, -0.2) is 37.7 Å². The van der Waals surface area contributed by atoms with Crippen molar-refractivity contribution in [3.05, 3.63) is 0 Å². The van der Waals surface area contributed by atoms with Gasteiger partial charge in [-0.15, -0.1) is 0 Å². The van der Waals surface area contributed by atoms with Gasteiger partial charge < -0.3 is 18.9 Å². The maximum absolute atomic E-state index is 12.5. The highest BCUT2D eigenvalue weighted by atomic mass is 16.7. The summed E-state index contributed by atoms with van der Waals surface area (Å²) in [5.74, 6) is 3.41. The highest BCUT2D eigenvalue weighted by Crippen LogP contribution is 2.37. The molecule has 3 rings (SSSR count). The minimum atomic E-state index is -0.483. The molecule has 0 aromatic rings. The predicted molar refractivity (Wildman–Crippen MR) is 140 cm³/mol. The Morgan fingerprint density at radius 2 is 0.944 bits per heavy atom. The molecule has 36 heavy (non-hydrogen) atoms. The van der Waals surface area contributed by atoms with E-state index in [2.05, 4.69) is 27.7 Å². The SMILES string of the molecule is CC(OCC1CCC(COC(C)OC(=O)C2CCC(C(C)C)C2)CC1)OC(=O)C1CCC(C(C)C)C1. The fraction of sp³-hybridized carbons (Fsp3) is 0.933. The van der Waals surface area contributed by atoms with E-state index in [4.69, 9.17) is 18.9 Å². The third-order valence-electron chi connectivity index (χ3n) is 9.16. The molecule has 0 N–H and O–H groups in total. The Morgan fingerprint density at radius 3 is 1.25 bits per heavy atom. The first-order chi connectivity index (χ1) is 17.1. The second kappa shape index (κ2) is 14.1. The van der Waals surface area contributed by atoms with E-state index in [1.54, 1.807) is 0 Å². The van der Waals surface area contributed by atoms with Crippen molar-refractivity contribution in [2.45, 2.75) is 118 Å². The molecule has 3 saturated carbocycles. The average molecular weight is 509 g/mol. The molecule has 3 aliphatic carbocycles. The number of hydrogen-bond donors (Lipinski definition) is 0. The van der Waals surface area contributed by atoms with Crippen molar-refractivity contribution in [3.63, 3.8) is 0 Å². The summed E-state index contributed by atoms with van der Waals surface area (Å²) in [6.07, 6.45) is 9.40. The molecule has 0 radical (unpaired) electrons. The van der Waals surface area contributed by atoms with E-state index in [0.29, 0.717) is 48.7 Å². The molecule has 0 aliphatic heterocycles. The number of esters is 2. The van der Waals surface area contributed by atoms with Gasteiger partial charge in [-0.3, -0.25) is 9.59 Å². The first kappa shape index (κ1) is 29.4. The summed E-state index contributed by atoms with van der Waals surface area (Å²) < 4.78 is 23.0. The minimum Gasteiger partial charge on any atom is -0.436 e. The molecular weight excluding hydrogens is 456 g/mol. The van der Waals surface area contributed by atoms with Gasteiger partial charge in [0.2, 0.25) is 0 Å². The zero-order valence-electron chi connectivity index (χ0n) is 23.7. The molecule has 0 aromatic carbocycles. The van der Waals surface area contributed by atoms with E-state index >= 15 is 0 Å². The summed E-state index contributed by atoms with van der Waals surface area (Å²) >= 11 is 0. The second-order valence-corrected chi connectivity index (χ2v) is 12.6. The Morgan fingerprint density at radius 1 is 0.583 bits per heavy atom. The molecule has 6 atom stereocenters. The Hall–Kier alpha value is -1.14. The largest absolute Gasteiger partial charge is 0.436 e. The smallest absolute Gasteiger partial charge is 0.311 e. The molecule has 6 nitrogen and oxygen atoms in total. The van der Waals surface area contributed by atoms with Crippen molar-refractivity contribution in [2.75, 3.05) is 13.2 Å². The van der Waals surface area contributed by atoms with Crippen LogP contribution in [0, 0.1) is 47.3 Å². The van der Waals surface area contributed by atoms with Gasteiger partial charge in [0.15, 0.2) is 12.6 Å². The molecule has 0 saturated heterocycles. The normalized spacial score (nSPS) is 32.6. The molecule has 6 unspecified atom stereocenters. The van der Waals surface area contributed by atoms with E-state index in [0.717, 1.165) is 64.2 Å². The van der Waals surface area contributed by atoms with Crippen molar-refractivity contribution in [1.82, 2.24) is 0 Å². The molecule has 0 aromatic heterocycles. The zero-order chi connectivity index (χ0) is 26.2. The highest BCUT2D eigenvalue weighted by molar-refractivity contribution is 5.73. The highest BCUT2D eigenvalue weighted by Gasteiger charge is 2.34. The molecule has 0 heterocycles. The van der Waals surface area contributed by atoms with Crippen LogP contribution in [0.2, 0.25) is 0 Å².